The molecule has 34 heavy (non-hydrogen) atoms. The first kappa shape index (κ1) is 22.6. The number of nitrogens with one attached hydrogen (secondary N) is 1. The number of rotatable bonds is 7. The van der Waals surface area contributed by atoms with E-state index in [4.69, 9.17) is 4.42 Å². The number of aromatic nitrogens is 2. The van der Waals surface area contributed by atoms with Gasteiger partial charge in [-0.2, -0.15) is 0 Å². The van der Waals surface area contributed by atoms with Gasteiger partial charge in [-0.15, -0.1) is 0 Å². The third kappa shape index (κ3) is 5.16. The second kappa shape index (κ2) is 10.4. The second-order valence-electron chi connectivity index (χ2n) is 8.68. The van der Waals surface area contributed by atoms with E-state index in [0.29, 0.717) is 16.7 Å². The van der Waals surface area contributed by atoms with Crippen molar-refractivity contribution in [3.8, 4) is 0 Å². The van der Waals surface area contributed by atoms with E-state index in [9.17, 15) is 4.79 Å². The quantitative estimate of drug-likeness (QED) is 0.294. The largest absolute Gasteiger partial charge is 0.451 e. The van der Waals surface area contributed by atoms with Crippen LogP contribution in [0.2, 0.25) is 0 Å². The Hall–Kier alpha value is -3.16. The molecular weight excluding hydrogens is 444 g/mol. The standard InChI is InChI=1S/C27H28N4O2S/c1-19-7-2-3-8-20(19)17-31-15-11-21(12-16-31)30-26(32)25-23(18-34-27-28-13-6-14-29-27)22-9-4-5-10-24(22)33-25/h2-10,13-14,21H,11-12,15-18H2,1H3,(H,30,32). The van der Waals surface area contributed by atoms with Crippen molar-refractivity contribution >= 4 is 28.6 Å². The van der Waals surface area contributed by atoms with Gasteiger partial charge in [0.25, 0.3) is 5.91 Å². The van der Waals surface area contributed by atoms with E-state index in [-0.39, 0.29) is 11.9 Å². The summed E-state index contributed by atoms with van der Waals surface area (Å²) >= 11 is 1.50. The lowest BCUT2D eigenvalue weighted by Crippen LogP contribution is -2.44. The van der Waals surface area contributed by atoms with Crippen LogP contribution in [0.15, 0.2) is 76.6 Å². The number of aryl methyl sites for hydroxylation is 1. The van der Waals surface area contributed by atoms with Gasteiger partial charge in [0, 0.05) is 54.8 Å². The number of furan rings is 1. The highest BCUT2D eigenvalue weighted by Crippen LogP contribution is 2.31. The number of amides is 1. The number of hydrogen-bond donors (Lipinski definition) is 1. The fourth-order valence-corrected chi connectivity index (χ4v) is 5.27. The zero-order chi connectivity index (χ0) is 23.3. The SMILES string of the molecule is Cc1ccccc1CN1CCC(NC(=O)c2oc3ccccc3c2CSc2ncccn2)CC1. The van der Waals surface area contributed by atoms with Crippen molar-refractivity contribution in [3.05, 3.63) is 89.4 Å². The average Bonchev–Trinajstić information content (AvgIpc) is 3.25. The third-order valence-electron chi connectivity index (χ3n) is 6.37. The molecule has 0 saturated carbocycles. The van der Waals surface area contributed by atoms with Crippen LogP contribution in [0.3, 0.4) is 0 Å². The minimum atomic E-state index is -0.141. The Balaban J connectivity index is 1.24. The van der Waals surface area contributed by atoms with E-state index in [1.165, 1.54) is 22.9 Å². The average molecular weight is 473 g/mol. The van der Waals surface area contributed by atoms with Gasteiger partial charge < -0.3 is 9.73 Å². The molecule has 1 saturated heterocycles. The molecule has 4 aromatic rings. The van der Waals surface area contributed by atoms with Crippen LogP contribution in [0.25, 0.3) is 11.0 Å². The zero-order valence-corrected chi connectivity index (χ0v) is 20.1. The predicted octanol–water partition coefficient (Wildman–Crippen LogP) is 5.22. The lowest BCUT2D eigenvalue weighted by molar-refractivity contribution is 0.0882. The zero-order valence-electron chi connectivity index (χ0n) is 19.2. The second-order valence-corrected chi connectivity index (χ2v) is 9.62. The predicted molar refractivity (Wildman–Crippen MR) is 135 cm³/mol. The number of nitrogens with zero attached hydrogens (tertiary/aromatic N) is 3. The van der Waals surface area contributed by atoms with Crippen molar-refractivity contribution in [3.63, 3.8) is 0 Å². The molecule has 0 radical (unpaired) electrons. The molecule has 0 spiro atoms. The molecule has 5 rings (SSSR count). The minimum absolute atomic E-state index is 0.141. The van der Waals surface area contributed by atoms with Crippen LogP contribution >= 0.6 is 11.8 Å². The normalized spacial score (nSPS) is 15.0. The molecule has 0 aliphatic carbocycles. The highest BCUT2D eigenvalue weighted by Gasteiger charge is 2.26. The highest BCUT2D eigenvalue weighted by molar-refractivity contribution is 7.98. The van der Waals surface area contributed by atoms with Crippen molar-refractivity contribution in [1.29, 1.82) is 0 Å². The van der Waals surface area contributed by atoms with Gasteiger partial charge in [0.05, 0.1) is 0 Å². The molecule has 3 heterocycles. The van der Waals surface area contributed by atoms with Crippen molar-refractivity contribution < 1.29 is 9.21 Å². The fourth-order valence-electron chi connectivity index (χ4n) is 4.44. The van der Waals surface area contributed by atoms with Crippen molar-refractivity contribution in [2.75, 3.05) is 13.1 Å². The molecule has 0 bridgehead atoms. The number of carbonyl (C=O) groups excluding carboxylic acids is 1. The summed E-state index contributed by atoms with van der Waals surface area (Å²) in [6.45, 7) is 5.05. The van der Waals surface area contributed by atoms with Crippen LogP contribution in [-0.2, 0) is 12.3 Å². The molecule has 0 atom stereocenters. The Bertz CT molecular complexity index is 1270. The minimum Gasteiger partial charge on any atom is -0.451 e. The Labute approximate surface area is 203 Å². The summed E-state index contributed by atoms with van der Waals surface area (Å²) in [6.07, 6.45) is 5.31. The summed E-state index contributed by atoms with van der Waals surface area (Å²) in [5.74, 6) is 0.823. The Morgan fingerprint density at radius 3 is 2.59 bits per heavy atom. The third-order valence-corrected chi connectivity index (χ3v) is 7.27. The first-order chi connectivity index (χ1) is 16.7. The van der Waals surface area contributed by atoms with Gasteiger partial charge in [0.15, 0.2) is 10.9 Å². The van der Waals surface area contributed by atoms with Crippen LogP contribution in [-0.4, -0.2) is 39.9 Å². The number of thioether (sulfide) groups is 1. The Kier molecular flexibility index (Phi) is 6.92. The van der Waals surface area contributed by atoms with E-state index in [1.807, 2.05) is 24.3 Å². The van der Waals surface area contributed by atoms with Gasteiger partial charge in [-0.3, -0.25) is 9.69 Å². The topological polar surface area (TPSA) is 71.3 Å². The summed E-state index contributed by atoms with van der Waals surface area (Å²) in [5, 5.41) is 4.87. The number of carbonyl (C=O) groups is 1. The summed E-state index contributed by atoms with van der Waals surface area (Å²) < 4.78 is 6.03. The lowest BCUT2D eigenvalue weighted by atomic mass is 10.0. The fraction of sp³-hybridized carbons (Fsp3) is 0.296. The van der Waals surface area contributed by atoms with Crippen molar-refractivity contribution in [2.24, 2.45) is 0 Å². The van der Waals surface area contributed by atoms with Gasteiger partial charge in [0.1, 0.15) is 5.58 Å². The summed E-state index contributed by atoms with van der Waals surface area (Å²) in [5.41, 5.74) is 4.32. The number of hydrogen-bond acceptors (Lipinski definition) is 6. The summed E-state index contributed by atoms with van der Waals surface area (Å²) in [7, 11) is 0. The van der Waals surface area contributed by atoms with E-state index in [1.54, 1.807) is 18.5 Å². The molecule has 1 fully saturated rings. The number of piperidine rings is 1. The van der Waals surface area contributed by atoms with E-state index >= 15 is 0 Å². The number of para-hydroxylation sites is 1. The maximum absolute atomic E-state index is 13.3. The molecule has 1 aliphatic rings. The molecule has 1 aliphatic heterocycles. The molecule has 174 valence electrons. The highest BCUT2D eigenvalue weighted by atomic mass is 32.2. The molecule has 1 N–H and O–H groups in total. The summed E-state index contributed by atoms with van der Waals surface area (Å²) in [4.78, 5) is 24.3. The van der Waals surface area contributed by atoms with Crippen LogP contribution in [0, 0.1) is 6.92 Å². The van der Waals surface area contributed by atoms with Gasteiger partial charge in [0.2, 0.25) is 0 Å². The van der Waals surface area contributed by atoms with Crippen molar-refractivity contribution in [1.82, 2.24) is 20.2 Å². The van der Waals surface area contributed by atoms with Crippen LogP contribution in [0.4, 0.5) is 0 Å². The Morgan fingerprint density at radius 2 is 1.79 bits per heavy atom. The van der Waals surface area contributed by atoms with Crippen molar-refractivity contribution in [2.45, 2.75) is 43.3 Å². The van der Waals surface area contributed by atoms with Crippen LogP contribution < -0.4 is 5.32 Å². The molecular formula is C27H28N4O2S. The monoisotopic (exact) mass is 472 g/mol. The van der Waals surface area contributed by atoms with E-state index < -0.39 is 0 Å². The van der Waals surface area contributed by atoms with Gasteiger partial charge >= 0.3 is 0 Å². The first-order valence-corrected chi connectivity index (χ1v) is 12.6. The maximum atomic E-state index is 13.3. The van der Waals surface area contributed by atoms with E-state index in [2.05, 4.69) is 51.4 Å². The lowest BCUT2D eigenvalue weighted by Gasteiger charge is -2.32. The number of benzene rings is 2. The van der Waals surface area contributed by atoms with Crippen LogP contribution in [0.1, 0.15) is 40.1 Å². The Morgan fingerprint density at radius 1 is 1.06 bits per heavy atom. The molecule has 2 aromatic carbocycles. The molecule has 1 amide bonds. The van der Waals surface area contributed by atoms with E-state index in [0.717, 1.165) is 49.0 Å². The van der Waals surface area contributed by atoms with Gasteiger partial charge in [-0.25, -0.2) is 9.97 Å². The molecule has 2 aromatic heterocycles. The molecule has 7 heteroatoms. The number of likely N-dealkylation sites (tertiary alicyclic amines) is 1. The van der Waals surface area contributed by atoms with Gasteiger partial charge in [-0.1, -0.05) is 54.2 Å². The molecule has 0 unspecified atom stereocenters. The first-order valence-electron chi connectivity index (χ1n) is 11.7. The van der Waals surface area contributed by atoms with Gasteiger partial charge in [-0.05, 0) is 43.0 Å². The number of fused-ring (bicyclic) bond motifs is 1. The summed E-state index contributed by atoms with van der Waals surface area (Å²) in [6, 6.07) is 18.3. The van der Waals surface area contributed by atoms with Crippen LogP contribution in [0.5, 0.6) is 0 Å². The molecule has 6 nitrogen and oxygen atoms in total. The maximum Gasteiger partial charge on any atom is 0.287 e. The smallest absolute Gasteiger partial charge is 0.287 e.